The molecular formula is C50H35F6N3. The lowest BCUT2D eigenvalue weighted by molar-refractivity contribution is -0.137. The van der Waals surface area contributed by atoms with Gasteiger partial charge < -0.3 is 14.8 Å². The molecule has 1 unspecified atom stereocenters. The zero-order chi connectivity index (χ0) is 40.7. The van der Waals surface area contributed by atoms with Gasteiger partial charge in [-0.1, -0.05) is 91.0 Å². The Morgan fingerprint density at radius 1 is 0.458 bits per heavy atom. The van der Waals surface area contributed by atoms with Crippen molar-refractivity contribution in [2.45, 2.75) is 24.8 Å². The van der Waals surface area contributed by atoms with Crippen molar-refractivity contribution in [1.82, 2.24) is 4.98 Å². The van der Waals surface area contributed by atoms with Crippen molar-refractivity contribution < 1.29 is 26.3 Å². The largest absolute Gasteiger partial charge is 0.416 e. The second kappa shape index (κ2) is 15.1. The summed E-state index contributed by atoms with van der Waals surface area (Å²) in [5.41, 5.74) is 7.88. The summed E-state index contributed by atoms with van der Waals surface area (Å²) < 4.78 is 82.3. The maximum Gasteiger partial charge on any atom is 0.416 e. The van der Waals surface area contributed by atoms with Crippen molar-refractivity contribution in [2.75, 3.05) is 9.80 Å². The maximum absolute atomic E-state index is 13.7. The molecule has 1 heterocycles. The number of alkyl halides is 6. The van der Waals surface area contributed by atoms with Crippen LogP contribution in [0.5, 0.6) is 0 Å². The number of hydrogen-bond donors (Lipinski definition) is 1. The zero-order valence-electron chi connectivity index (χ0n) is 31.3. The number of fused-ring (bicyclic) bond motifs is 3. The summed E-state index contributed by atoms with van der Waals surface area (Å²) in [6, 6.07) is 51.7. The number of H-pyrrole nitrogens is 1. The predicted octanol–water partition coefficient (Wildman–Crippen LogP) is 15.1. The van der Waals surface area contributed by atoms with Crippen LogP contribution in [0.1, 0.15) is 12.0 Å². The Bertz CT molecular complexity index is 2820. The molecule has 3 nitrogen and oxygen atoms in total. The van der Waals surface area contributed by atoms with Gasteiger partial charge in [0.15, 0.2) is 0 Å². The van der Waals surface area contributed by atoms with Crippen LogP contribution in [0.15, 0.2) is 194 Å². The van der Waals surface area contributed by atoms with Crippen molar-refractivity contribution in [1.29, 1.82) is 0 Å². The molecule has 1 atom stereocenters. The second-order valence-corrected chi connectivity index (χ2v) is 14.5. The van der Waals surface area contributed by atoms with E-state index in [4.69, 9.17) is 0 Å². The number of rotatable bonds is 8. The normalized spacial score (nSPS) is 14.4. The van der Waals surface area contributed by atoms with Crippen LogP contribution in [0.2, 0.25) is 0 Å². The van der Waals surface area contributed by atoms with Gasteiger partial charge in [-0.3, -0.25) is 0 Å². The number of aromatic nitrogens is 1. The monoisotopic (exact) mass is 791 g/mol. The van der Waals surface area contributed by atoms with Crippen LogP contribution < -0.4 is 9.80 Å². The van der Waals surface area contributed by atoms with E-state index in [-0.39, 0.29) is 0 Å². The van der Waals surface area contributed by atoms with E-state index >= 15 is 0 Å². The van der Waals surface area contributed by atoms with E-state index in [9.17, 15) is 26.3 Å². The molecule has 0 saturated heterocycles. The minimum absolute atomic E-state index is 0.399. The van der Waals surface area contributed by atoms with Crippen molar-refractivity contribution in [3.05, 3.63) is 199 Å². The molecule has 9 rings (SSSR count). The summed E-state index contributed by atoms with van der Waals surface area (Å²) in [4.78, 5) is 7.27. The smallest absolute Gasteiger partial charge is 0.355 e. The number of nitrogens with one attached hydrogen (secondary N) is 1. The van der Waals surface area contributed by atoms with Gasteiger partial charge in [0.1, 0.15) is 0 Å². The van der Waals surface area contributed by atoms with Crippen molar-refractivity contribution in [3.63, 3.8) is 0 Å². The number of hydrogen-bond acceptors (Lipinski definition) is 2. The standard InChI is InChI=1S/C50H35F6N3/c51-49(52,53)37-9-7-15-43(31-37)58(39-11-3-1-4-12-39)41-23-17-33(18-24-41)35-21-27-47-45(29-35)46-30-36(22-28-48(46)57-47)34-19-25-42(26-20-34)59(40-13-5-2-6-14-40)44-16-8-10-38(32-44)50(54,55)56/h1-15,17-32,44,57H,16H2. The van der Waals surface area contributed by atoms with Gasteiger partial charge in [-0.25, -0.2) is 0 Å². The van der Waals surface area contributed by atoms with Crippen LogP contribution in [0, 0.1) is 0 Å². The first-order chi connectivity index (χ1) is 28.5. The Kier molecular flexibility index (Phi) is 9.59. The topological polar surface area (TPSA) is 22.3 Å². The Labute approximate surface area is 336 Å². The van der Waals surface area contributed by atoms with E-state index in [0.717, 1.165) is 79.3 Å². The molecule has 1 aliphatic rings. The van der Waals surface area contributed by atoms with Gasteiger partial charge in [-0.2, -0.15) is 26.3 Å². The average molecular weight is 792 g/mol. The number of aromatic amines is 1. The number of halogens is 6. The average Bonchev–Trinajstić information content (AvgIpc) is 3.62. The maximum atomic E-state index is 13.7. The third-order valence-electron chi connectivity index (χ3n) is 10.7. The molecule has 1 N–H and O–H groups in total. The summed E-state index contributed by atoms with van der Waals surface area (Å²) >= 11 is 0. The van der Waals surface area contributed by atoms with E-state index in [1.807, 2.05) is 137 Å². The Hall–Kier alpha value is -7.00. The highest BCUT2D eigenvalue weighted by Crippen LogP contribution is 2.41. The molecule has 0 radical (unpaired) electrons. The number of anilines is 5. The van der Waals surface area contributed by atoms with E-state index in [1.165, 1.54) is 12.1 Å². The molecule has 292 valence electrons. The lowest BCUT2D eigenvalue weighted by Gasteiger charge is -2.33. The fraction of sp³-hybridized carbons (Fsp3) is 0.0800. The third kappa shape index (κ3) is 7.59. The summed E-state index contributed by atoms with van der Waals surface area (Å²) in [5, 5.41) is 2.06. The summed E-state index contributed by atoms with van der Waals surface area (Å²) in [7, 11) is 0. The molecule has 9 heteroatoms. The third-order valence-corrected chi connectivity index (χ3v) is 10.7. The number of para-hydroxylation sites is 2. The first kappa shape index (κ1) is 37.6. The van der Waals surface area contributed by atoms with Crippen molar-refractivity contribution >= 4 is 50.2 Å². The highest BCUT2D eigenvalue weighted by atomic mass is 19.4. The number of nitrogens with zero attached hydrogens (tertiary/aromatic N) is 2. The molecule has 7 aromatic carbocycles. The highest BCUT2D eigenvalue weighted by molar-refractivity contribution is 6.09. The summed E-state index contributed by atoms with van der Waals surface area (Å²) in [6.07, 6.45) is -4.44. The molecule has 1 aliphatic carbocycles. The van der Waals surface area contributed by atoms with Gasteiger partial charge in [0.05, 0.1) is 17.2 Å². The highest BCUT2D eigenvalue weighted by Gasteiger charge is 2.35. The Balaban J connectivity index is 1.03. The van der Waals surface area contributed by atoms with Crippen LogP contribution >= 0.6 is 0 Å². The molecule has 1 aromatic heterocycles. The van der Waals surface area contributed by atoms with Crippen LogP contribution in [0.3, 0.4) is 0 Å². The molecule has 0 spiro atoms. The van der Waals surface area contributed by atoms with Crippen molar-refractivity contribution in [3.8, 4) is 22.3 Å². The molecule has 0 saturated carbocycles. The Morgan fingerprint density at radius 3 is 1.51 bits per heavy atom. The van der Waals surface area contributed by atoms with Gasteiger partial charge in [0.25, 0.3) is 0 Å². The Morgan fingerprint density at radius 2 is 0.949 bits per heavy atom. The van der Waals surface area contributed by atoms with Gasteiger partial charge in [0, 0.05) is 50.2 Å². The quantitative estimate of drug-likeness (QED) is 0.155. The van der Waals surface area contributed by atoms with Crippen LogP contribution in [-0.2, 0) is 6.18 Å². The minimum Gasteiger partial charge on any atom is -0.355 e. The predicted molar refractivity (Wildman–Crippen MR) is 227 cm³/mol. The first-order valence-electron chi connectivity index (χ1n) is 19.1. The molecule has 0 amide bonds. The minimum atomic E-state index is -4.47. The van der Waals surface area contributed by atoms with E-state index < -0.39 is 29.5 Å². The van der Waals surface area contributed by atoms with Crippen LogP contribution in [0.25, 0.3) is 44.1 Å². The summed E-state index contributed by atoms with van der Waals surface area (Å²) in [5.74, 6) is 0. The SMILES string of the molecule is FC(F)(F)C1=CC(N(c2ccccc2)c2ccc(-c3ccc4[nH]c5ccc(-c6ccc(N(c7ccccc7)c7cccc(C(F)(F)F)c7)cc6)cc5c4c3)cc2)CC=C1. The molecule has 59 heavy (non-hydrogen) atoms. The molecular weight excluding hydrogens is 757 g/mol. The lowest BCUT2D eigenvalue weighted by Crippen LogP contribution is -2.31. The van der Waals surface area contributed by atoms with E-state index in [0.29, 0.717) is 17.8 Å². The van der Waals surface area contributed by atoms with Crippen LogP contribution in [-0.4, -0.2) is 17.2 Å². The van der Waals surface area contributed by atoms with Gasteiger partial charge in [0.2, 0.25) is 0 Å². The molecule has 0 fully saturated rings. The van der Waals surface area contributed by atoms with E-state index in [2.05, 4.69) is 23.2 Å². The van der Waals surface area contributed by atoms with Gasteiger partial charge >= 0.3 is 12.4 Å². The second-order valence-electron chi connectivity index (χ2n) is 14.5. The van der Waals surface area contributed by atoms with Gasteiger partial charge in [-0.15, -0.1) is 0 Å². The fourth-order valence-corrected chi connectivity index (χ4v) is 7.87. The lowest BCUT2D eigenvalue weighted by atomic mass is 9.98. The molecule has 0 bridgehead atoms. The molecule has 0 aliphatic heterocycles. The summed E-state index contributed by atoms with van der Waals surface area (Å²) in [6.45, 7) is 0. The van der Waals surface area contributed by atoms with Crippen molar-refractivity contribution in [2.24, 2.45) is 0 Å². The molecule has 8 aromatic rings. The van der Waals surface area contributed by atoms with Gasteiger partial charge in [-0.05, 0) is 126 Å². The van der Waals surface area contributed by atoms with Crippen LogP contribution in [0.4, 0.5) is 54.8 Å². The van der Waals surface area contributed by atoms with E-state index in [1.54, 1.807) is 12.1 Å². The fourth-order valence-electron chi connectivity index (χ4n) is 7.87. The first-order valence-corrected chi connectivity index (χ1v) is 19.1. The zero-order valence-corrected chi connectivity index (χ0v) is 31.3. The number of benzene rings is 7. The number of allylic oxidation sites excluding steroid dienone is 2.